The van der Waals surface area contributed by atoms with Crippen molar-refractivity contribution in [3.8, 4) is 11.4 Å². The number of carbonyl (C=O) groups excluding carboxylic acids is 1. The lowest BCUT2D eigenvalue weighted by Gasteiger charge is -2.26. The first-order chi connectivity index (χ1) is 14.7. The minimum absolute atomic E-state index is 0.172. The summed E-state index contributed by atoms with van der Waals surface area (Å²) in [4.78, 5) is 19.4. The van der Waals surface area contributed by atoms with E-state index < -0.39 is 0 Å². The van der Waals surface area contributed by atoms with Gasteiger partial charge in [0.15, 0.2) is 11.5 Å². The highest BCUT2D eigenvalue weighted by Gasteiger charge is 2.20. The van der Waals surface area contributed by atoms with E-state index in [1.807, 2.05) is 29.2 Å². The van der Waals surface area contributed by atoms with Crippen molar-refractivity contribution in [3.05, 3.63) is 54.1 Å². The van der Waals surface area contributed by atoms with E-state index in [0.29, 0.717) is 11.4 Å². The van der Waals surface area contributed by atoms with Gasteiger partial charge in [0.1, 0.15) is 5.03 Å². The largest absolute Gasteiger partial charge is 0.342 e. The van der Waals surface area contributed by atoms with Crippen molar-refractivity contribution in [2.45, 2.75) is 31.2 Å². The van der Waals surface area contributed by atoms with Crippen LogP contribution in [0.1, 0.15) is 24.8 Å². The van der Waals surface area contributed by atoms with Crippen molar-refractivity contribution in [2.75, 3.05) is 18.8 Å². The Morgan fingerprint density at radius 3 is 2.57 bits per heavy atom. The third-order valence-corrected chi connectivity index (χ3v) is 6.49. The number of thioether (sulfide) groups is 1. The maximum absolute atomic E-state index is 12.7. The third-order valence-electron chi connectivity index (χ3n) is 5.55. The van der Waals surface area contributed by atoms with Gasteiger partial charge in [0.2, 0.25) is 5.91 Å². The number of likely N-dealkylation sites (tertiary alicyclic amines) is 1. The molecule has 0 atom stereocenters. The Morgan fingerprint density at radius 2 is 1.77 bits per heavy atom. The molecule has 0 bridgehead atoms. The van der Waals surface area contributed by atoms with E-state index in [2.05, 4.69) is 45.8 Å². The number of piperidine rings is 1. The summed E-state index contributed by atoms with van der Waals surface area (Å²) in [5.74, 6) is 1.33. The lowest BCUT2D eigenvalue weighted by atomic mass is 10.1. The van der Waals surface area contributed by atoms with E-state index in [1.54, 1.807) is 0 Å². The summed E-state index contributed by atoms with van der Waals surface area (Å²) in [5.41, 5.74) is 4.72. The van der Waals surface area contributed by atoms with Gasteiger partial charge >= 0.3 is 0 Å². The number of amides is 1. The number of nitrogens with zero attached hydrogens (tertiary/aromatic N) is 5. The zero-order valence-electron chi connectivity index (χ0n) is 16.9. The summed E-state index contributed by atoms with van der Waals surface area (Å²) in [5, 5.41) is 9.69. The van der Waals surface area contributed by atoms with Crippen LogP contribution in [-0.4, -0.2) is 49.2 Å². The molecule has 3 heterocycles. The molecule has 6 nitrogen and oxygen atoms in total. The minimum Gasteiger partial charge on any atom is -0.342 e. The van der Waals surface area contributed by atoms with Gasteiger partial charge < -0.3 is 4.90 Å². The van der Waals surface area contributed by atoms with Crippen molar-refractivity contribution in [2.24, 2.45) is 0 Å². The molecular formula is C23H23N5OS. The first kappa shape index (κ1) is 19.1. The Labute approximate surface area is 179 Å². The van der Waals surface area contributed by atoms with Gasteiger partial charge in [-0.1, -0.05) is 53.7 Å². The number of carbonyl (C=O) groups is 1. The van der Waals surface area contributed by atoms with Crippen molar-refractivity contribution in [3.63, 3.8) is 0 Å². The van der Waals surface area contributed by atoms with E-state index in [0.717, 1.165) is 53.4 Å². The van der Waals surface area contributed by atoms with E-state index in [4.69, 9.17) is 4.98 Å². The number of aromatic nitrogens is 4. The molecule has 5 rings (SSSR count). The van der Waals surface area contributed by atoms with E-state index in [9.17, 15) is 4.79 Å². The van der Waals surface area contributed by atoms with E-state index in [-0.39, 0.29) is 5.91 Å². The predicted molar refractivity (Wildman–Crippen MR) is 120 cm³/mol. The van der Waals surface area contributed by atoms with Crippen molar-refractivity contribution < 1.29 is 4.79 Å². The number of hydrogen-bond acceptors (Lipinski definition) is 5. The van der Waals surface area contributed by atoms with Crippen molar-refractivity contribution >= 4 is 34.3 Å². The number of aryl methyl sites for hydroxylation is 1. The maximum Gasteiger partial charge on any atom is 0.232 e. The molecule has 0 aliphatic carbocycles. The molecule has 0 spiro atoms. The fourth-order valence-corrected chi connectivity index (χ4v) is 4.78. The molecule has 1 amide bonds. The first-order valence-corrected chi connectivity index (χ1v) is 11.3. The van der Waals surface area contributed by atoms with Gasteiger partial charge in [0, 0.05) is 18.7 Å². The molecular weight excluding hydrogens is 394 g/mol. The van der Waals surface area contributed by atoms with Crippen LogP contribution in [0.25, 0.3) is 28.1 Å². The van der Waals surface area contributed by atoms with Crippen LogP contribution in [0, 0.1) is 6.92 Å². The van der Waals surface area contributed by atoms with E-state index in [1.165, 1.54) is 23.7 Å². The molecule has 1 aliphatic heterocycles. The molecule has 0 unspecified atom stereocenters. The highest BCUT2D eigenvalue weighted by molar-refractivity contribution is 8.00. The summed E-state index contributed by atoms with van der Waals surface area (Å²) in [7, 11) is 0. The van der Waals surface area contributed by atoms with E-state index >= 15 is 0 Å². The predicted octanol–water partition coefficient (Wildman–Crippen LogP) is 4.36. The van der Waals surface area contributed by atoms with Crippen LogP contribution in [0.2, 0.25) is 0 Å². The SMILES string of the molecule is Cc1ccc(-c2nnc3c(SCC(=O)N4CCCCC4)nc4ccccc4n23)cc1. The second kappa shape index (κ2) is 8.07. The fourth-order valence-electron chi connectivity index (χ4n) is 3.91. The zero-order chi connectivity index (χ0) is 20.5. The number of hydrogen-bond donors (Lipinski definition) is 0. The normalized spacial score (nSPS) is 14.5. The molecule has 1 saturated heterocycles. The summed E-state index contributed by atoms with van der Waals surface area (Å²) in [6, 6.07) is 16.3. The second-order valence-electron chi connectivity index (χ2n) is 7.68. The number of rotatable bonds is 4. The second-order valence-corrected chi connectivity index (χ2v) is 8.65. The quantitative estimate of drug-likeness (QED) is 0.462. The molecule has 0 saturated carbocycles. The smallest absolute Gasteiger partial charge is 0.232 e. The Balaban J connectivity index is 1.55. The van der Waals surface area contributed by atoms with Gasteiger partial charge in [0.05, 0.1) is 16.8 Å². The van der Waals surface area contributed by atoms with Crippen LogP contribution in [0.3, 0.4) is 0 Å². The van der Waals surface area contributed by atoms with Crippen LogP contribution in [0.15, 0.2) is 53.6 Å². The van der Waals surface area contributed by atoms with Crippen LogP contribution in [-0.2, 0) is 4.79 Å². The molecule has 30 heavy (non-hydrogen) atoms. The summed E-state index contributed by atoms with van der Waals surface area (Å²) in [6.07, 6.45) is 3.41. The monoisotopic (exact) mass is 417 g/mol. The number of fused-ring (bicyclic) bond motifs is 3. The van der Waals surface area contributed by atoms with Crippen LogP contribution < -0.4 is 0 Å². The molecule has 4 aromatic rings. The molecule has 0 radical (unpaired) electrons. The molecule has 7 heteroatoms. The topological polar surface area (TPSA) is 63.4 Å². The lowest BCUT2D eigenvalue weighted by Crippen LogP contribution is -2.36. The van der Waals surface area contributed by atoms with Crippen LogP contribution in [0.4, 0.5) is 0 Å². The third kappa shape index (κ3) is 3.54. The molecule has 152 valence electrons. The number of benzene rings is 2. The fraction of sp³-hybridized carbons (Fsp3) is 0.304. The summed E-state index contributed by atoms with van der Waals surface area (Å²) >= 11 is 1.45. The highest BCUT2D eigenvalue weighted by Crippen LogP contribution is 2.29. The average Bonchev–Trinajstić information content (AvgIpc) is 3.24. The zero-order valence-corrected chi connectivity index (χ0v) is 17.7. The van der Waals surface area contributed by atoms with Crippen molar-refractivity contribution in [1.82, 2.24) is 24.5 Å². The molecule has 0 N–H and O–H groups in total. The average molecular weight is 418 g/mol. The van der Waals surface area contributed by atoms with Gasteiger partial charge in [-0.25, -0.2) is 4.98 Å². The number of para-hydroxylation sites is 2. The Morgan fingerprint density at radius 1 is 1.00 bits per heavy atom. The Hall–Kier alpha value is -2.93. The van der Waals surface area contributed by atoms with Crippen LogP contribution >= 0.6 is 11.8 Å². The highest BCUT2D eigenvalue weighted by atomic mass is 32.2. The standard InChI is InChI=1S/C23H23N5OS/c1-16-9-11-17(12-10-16)21-25-26-22-23(24-18-7-3-4-8-19(18)28(21)22)30-15-20(29)27-13-5-2-6-14-27/h3-4,7-12H,2,5-6,13-15H2,1H3. The first-order valence-electron chi connectivity index (χ1n) is 10.3. The maximum atomic E-state index is 12.7. The Bertz CT molecular complexity index is 1210. The van der Waals surface area contributed by atoms with Gasteiger partial charge in [-0.3, -0.25) is 9.20 Å². The Kier molecular flexibility index (Phi) is 5.12. The minimum atomic E-state index is 0.172. The molecule has 2 aromatic heterocycles. The summed E-state index contributed by atoms with van der Waals surface area (Å²) < 4.78 is 2.06. The molecule has 2 aromatic carbocycles. The van der Waals surface area contributed by atoms with Gasteiger partial charge in [-0.2, -0.15) is 0 Å². The summed E-state index contributed by atoms with van der Waals surface area (Å²) in [6.45, 7) is 3.80. The van der Waals surface area contributed by atoms with Gasteiger partial charge in [-0.15, -0.1) is 10.2 Å². The molecule has 1 fully saturated rings. The van der Waals surface area contributed by atoms with Gasteiger partial charge in [-0.05, 0) is 38.3 Å². The van der Waals surface area contributed by atoms with Crippen molar-refractivity contribution in [1.29, 1.82) is 0 Å². The molecule has 1 aliphatic rings. The van der Waals surface area contributed by atoms with Crippen LogP contribution in [0.5, 0.6) is 0 Å². The lowest BCUT2D eigenvalue weighted by molar-refractivity contribution is -0.129. The van der Waals surface area contributed by atoms with Gasteiger partial charge in [0.25, 0.3) is 0 Å².